The quantitative estimate of drug-likeness (QED) is 0.789. The van der Waals surface area contributed by atoms with Gasteiger partial charge in [-0.05, 0) is 41.8 Å². The van der Waals surface area contributed by atoms with E-state index in [1.54, 1.807) is 20.2 Å². The average molecular weight is 279 g/mol. The predicted octanol–water partition coefficient (Wildman–Crippen LogP) is 3.96. The summed E-state index contributed by atoms with van der Waals surface area (Å²) in [4.78, 5) is 4.42. The van der Waals surface area contributed by atoms with Crippen LogP contribution in [0.25, 0.3) is 22.0 Å². The van der Waals surface area contributed by atoms with E-state index in [-0.39, 0.29) is 0 Å². The Balaban J connectivity index is 2.16. The molecule has 0 aliphatic carbocycles. The molecule has 0 spiro atoms. The minimum Gasteiger partial charge on any atom is -0.494 e. The van der Waals surface area contributed by atoms with E-state index in [1.807, 2.05) is 48.5 Å². The van der Waals surface area contributed by atoms with Crippen molar-refractivity contribution in [3.8, 4) is 16.9 Å². The maximum Gasteiger partial charge on any atom is 0.145 e. The third-order valence-electron chi connectivity index (χ3n) is 3.66. The molecule has 3 aromatic rings. The number of aromatic nitrogens is 1. The molecule has 0 amide bonds. The first-order chi connectivity index (χ1) is 10.2. The maximum absolute atomic E-state index is 9.60. The number of aliphatic hydroxyl groups is 1. The van der Waals surface area contributed by atoms with Crippen LogP contribution < -0.4 is 4.74 Å². The molecule has 0 radical (unpaired) electrons. The molecule has 3 rings (SSSR count). The molecule has 1 aromatic heterocycles. The monoisotopic (exact) mass is 279 g/mol. The Bertz CT molecular complexity index is 764. The Hall–Kier alpha value is -2.39. The van der Waals surface area contributed by atoms with Crippen molar-refractivity contribution >= 4 is 10.9 Å². The normalized spacial score (nSPS) is 12.3. The Morgan fingerprint density at radius 2 is 1.81 bits per heavy atom. The lowest BCUT2D eigenvalue weighted by Gasteiger charge is -2.11. The van der Waals surface area contributed by atoms with E-state index in [0.717, 1.165) is 33.3 Å². The molecule has 1 heterocycles. The molecule has 0 saturated heterocycles. The molecule has 3 heteroatoms. The van der Waals surface area contributed by atoms with Crippen LogP contribution in [0.4, 0.5) is 0 Å². The number of aliphatic hydroxyl groups excluding tert-OH is 1. The first-order valence-corrected chi connectivity index (χ1v) is 6.91. The van der Waals surface area contributed by atoms with E-state index >= 15 is 0 Å². The molecule has 3 nitrogen and oxygen atoms in total. The van der Waals surface area contributed by atoms with Crippen LogP contribution in [0.1, 0.15) is 18.6 Å². The molecule has 106 valence electrons. The van der Waals surface area contributed by atoms with Crippen LogP contribution in [-0.2, 0) is 0 Å². The van der Waals surface area contributed by atoms with Crippen molar-refractivity contribution in [2.75, 3.05) is 7.11 Å². The van der Waals surface area contributed by atoms with Gasteiger partial charge in [0, 0.05) is 11.6 Å². The van der Waals surface area contributed by atoms with Crippen molar-refractivity contribution in [3.05, 3.63) is 60.3 Å². The van der Waals surface area contributed by atoms with Crippen molar-refractivity contribution < 1.29 is 9.84 Å². The number of benzene rings is 2. The van der Waals surface area contributed by atoms with Gasteiger partial charge in [-0.1, -0.05) is 30.3 Å². The van der Waals surface area contributed by atoms with Gasteiger partial charge in [-0.25, -0.2) is 0 Å². The fourth-order valence-electron chi connectivity index (χ4n) is 2.50. The summed E-state index contributed by atoms with van der Waals surface area (Å²) in [6.07, 6.45) is 1.32. The zero-order valence-corrected chi connectivity index (χ0v) is 12.1. The molecule has 21 heavy (non-hydrogen) atoms. The molecule has 0 unspecified atom stereocenters. The number of hydrogen-bond acceptors (Lipinski definition) is 3. The minimum atomic E-state index is -0.451. The van der Waals surface area contributed by atoms with Crippen LogP contribution in [0.15, 0.2) is 54.7 Å². The predicted molar refractivity (Wildman–Crippen MR) is 84.4 cm³/mol. The van der Waals surface area contributed by atoms with Crippen LogP contribution >= 0.6 is 0 Å². The highest BCUT2D eigenvalue weighted by atomic mass is 16.5. The summed E-state index contributed by atoms with van der Waals surface area (Å²) in [6, 6.07) is 15.9. The first kappa shape index (κ1) is 13.6. The topological polar surface area (TPSA) is 42.4 Å². The second-order valence-corrected chi connectivity index (χ2v) is 5.01. The fourth-order valence-corrected chi connectivity index (χ4v) is 2.50. The van der Waals surface area contributed by atoms with E-state index in [2.05, 4.69) is 4.98 Å². The van der Waals surface area contributed by atoms with Gasteiger partial charge in [-0.15, -0.1) is 0 Å². The molecule has 1 atom stereocenters. The van der Waals surface area contributed by atoms with E-state index in [9.17, 15) is 5.11 Å². The summed E-state index contributed by atoms with van der Waals surface area (Å²) in [5.41, 5.74) is 3.97. The van der Waals surface area contributed by atoms with E-state index in [4.69, 9.17) is 4.74 Å². The fraction of sp³-hybridized carbons (Fsp3) is 0.167. The van der Waals surface area contributed by atoms with Gasteiger partial charge in [-0.2, -0.15) is 0 Å². The number of rotatable bonds is 3. The highest BCUT2D eigenvalue weighted by Crippen LogP contribution is 2.33. The van der Waals surface area contributed by atoms with Crippen molar-refractivity contribution in [2.24, 2.45) is 0 Å². The Kier molecular flexibility index (Phi) is 3.59. The van der Waals surface area contributed by atoms with Gasteiger partial charge >= 0.3 is 0 Å². The number of fused-ring (bicyclic) bond motifs is 1. The van der Waals surface area contributed by atoms with E-state index < -0.39 is 6.10 Å². The van der Waals surface area contributed by atoms with E-state index in [0.29, 0.717) is 0 Å². The summed E-state index contributed by atoms with van der Waals surface area (Å²) in [6.45, 7) is 1.77. The van der Waals surface area contributed by atoms with Crippen molar-refractivity contribution in [2.45, 2.75) is 13.0 Å². The number of hydrogen-bond donors (Lipinski definition) is 1. The summed E-state index contributed by atoms with van der Waals surface area (Å²) >= 11 is 0. The smallest absolute Gasteiger partial charge is 0.145 e. The van der Waals surface area contributed by atoms with Gasteiger partial charge in [0.25, 0.3) is 0 Å². The molecular formula is C18H17NO2. The number of pyridine rings is 1. The van der Waals surface area contributed by atoms with Crippen LogP contribution in [-0.4, -0.2) is 17.2 Å². The summed E-state index contributed by atoms with van der Waals surface area (Å²) < 4.78 is 5.37. The SMILES string of the molecule is COc1ccc(-c2ccc([C@H](C)O)cc2)c2cccnc12. The molecule has 1 N–H and O–H groups in total. The molecule has 0 aliphatic heterocycles. The number of ether oxygens (including phenoxy) is 1. The van der Waals surface area contributed by atoms with Crippen molar-refractivity contribution in [3.63, 3.8) is 0 Å². The molecule has 0 aliphatic rings. The first-order valence-electron chi connectivity index (χ1n) is 6.91. The second kappa shape index (κ2) is 5.54. The van der Waals surface area contributed by atoms with E-state index in [1.165, 1.54) is 0 Å². The second-order valence-electron chi connectivity index (χ2n) is 5.01. The minimum absolute atomic E-state index is 0.451. The van der Waals surface area contributed by atoms with Gasteiger partial charge in [-0.3, -0.25) is 4.98 Å². The third-order valence-corrected chi connectivity index (χ3v) is 3.66. The maximum atomic E-state index is 9.60. The molecule has 2 aromatic carbocycles. The lowest BCUT2D eigenvalue weighted by atomic mass is 9.98. The van der Waals surface area contributed by atoms with Gasteiger partial charge in [0.1, 0.15) is 11.3 Å². The van der Waals surface area contributed by atoms with Gasteiger partial charge < -0.3 is 9.84 Å². The standard InChI is InChI=1S/C18H17NO2/c1-12(20)13-5-7-14(8-6-13)15-9-10-17(21-2)18-16(15)4-3-11-19-18/h3-12,20H,1-2H3/t12-/m0/s1. The van der Waals surface area contributed by atoms with Crippen LogP contribution in [0.3, 0.4) is 0 Å². The van der Waals surface area contributed by atoms with Crippen LogP contribution in [0.5, 0.6) is 5.75 Å². The van der Waals surface area contributed by atoms with Gasteiger partial charge in [0.2, 0.25) is 0 Å². The van der Waals surface area contributed by atoms with Crippen LogP contribution in [0.2, 0.25) is 0 Å². The average Bonchev–Trinajstić information content (AvgIpc) is 2.54. The largest absolute Gasteiger partial charge is 0.494 e. The Labute approximate surface area is 123 Å². The summed E-state index contributed by atoms with van der Waals surface area (Å²) in [5.74, 6) is 0.773. The van der Waals surface area contributed by atoms with Gasteiger partial charge in [0.15, 0.2) is 0 Å². The Morgan fingerprint density at radius 3 is 2.48 bits per heavy atom. The molecule has 0 bridgehead atoms. The zero-order chi connectivity index (χ0) is 14.8. The highest BCUT2D eigenvalue weighted by molar-refractivity contribution is 5.97. The number of nitrogens with zero attached hydrogens (tertiary/aromatic N) is 1. The zero-order valence-electron chi connectivity index (χ0n) is 12.1. The molecular weight excluding hydrogens is 262 g/mol. The summed E-state index contributed by atoms with van der Waals surface area (Å²) in [5, 5.41) is 10.7. The highest BCUT2D eigenvalue weighted by Gasteiger charge is 2.09. The lowest BCUT2D eigenvalue weighted by Crippen LogP contribution is -1.92. The molecule has 0 fully saturated rings. The molecule has 0 saturated carbocycles. The number of methoxy groups -OCH3 is 1. The van der Waals surface area contributed by atoms with Crippen molar-refractivity contribution in [1.82, 2.24) is 4.98 Å². The summed E-state index contributed by atoms with van der Waals surface area (Å²) in [7, 11) is 1.65. The lowest BCUT2D eigenvalue weighted by molar-refractivity contribution is 0.199. The van der Waals surface area contributed by atoms with Crippen LogP contribution in [0, 0.1) is 0 Å². The third kappa shape index (κ3) is 2.48. The van der Waals surface area contributed by atoms with Crippen molar-refractivity contribution in [1.29, 1.82) is 0 Å². The Morgan fingerprint density at radius 1 is 1.05 bits per heavy atom. The van der Waals surface area contributed by atoms with Gasteiger partial charge in [0.05, 0.1) is 13.2 Å².